The van der Waals surface area contributed by atoms with E-state index in [1.54, 1.807) is 0 Å². The lowest BCUT2D eigenvalue weighted by molar-refractivity contribution is -0.137. The maximum absolute atomic E-state index is 12.5. The van der Waals surface area contributed by atoms with Crippen LogP contribution in [-0.4, -0.2) is 49.2 Å². The Morgan fingerprint density at radius 3 is 2.65 bits per heavy atom. The SMILES string of the molecule is CCCN(C(=O)C1COCC1NCC)C(C)C. The molecule has 0 aromatic rings. The van der Waals surface area contributed by atoms with E-state index in [2.05, 4.69) is 33.0 Å². The summed E-state index contributed by atoms with van der Waals surface area (Å²) in [6.45, 7) is 11.3. The number of carbonyl (C=O) groups excluding carboxylic acids is 1. The quantitative estimate of drug-likeness (QED) is 0.762. The lowest BCUT2D eigenvalue weighted by atomic mass is 10.0. The third-order valence-electron chi connectivity index (χ3n) is 3.23. The van der Waals surface area contributed by atoms with Crippen molar-refractivity contribution < 1.29 is 9.53 Å². The van der Waals surface area contributed by atoms with E-state index in [0.29, 0.717) is 13.2 Å². The van der Waals surface area contributed by atoms with E-state index in [-0.39, 0.29) is 23.9 Å². The van der Waals surface area contributed by atoms with E-state index in [4.69, 9.17) is 4.74 Å². The van der Waals surface area contributed by atoms with Gasteiger partial charge in [-0.3, -0.25) is 4.79 Å². The molecule has 0 aliphatic carbocycles. The van der Waals surface area contributed by atoms with Crippen molar-refractivity contribution in [2.24, 2.45) is 5.92 Å². The molecule has 0 spiro atoms. The van der Waals surface area contributed by atoms with E-state index in [1.807, 2.05) is 4.90 Å². The number of amides is 1. The van der Waals surface area contributed by atoms with Crippen molar-refractivity contribution in [3.05, 3.63) is 0 Å². The summed E-state index contributed by atoms with van der Waals surface area (Å²) in [6, 6.07) is 0.455. The fourth-order valence-corrected chi connectivity index (χ4v) is 2.34. The van der Waals surface area contributed by atoms with Crippen LogP contribution in [0.3, 0.4) is 0 Å². The van der Waals surface area contributed by atoms with Gasteiger partial charge in [0, 0.05) is 18.6 Å². The first-order chi connectivity index (χ1) is 8.11. The maximum atomic E-state index is 12.5. The summed E-state index contributed by atoms with van der Waals surface area (Å²) in [5, 5.41) is 3.34. The van der Waals surface area contributed by atoms with Gasteiger partial charge < -0.3 is 15.0 Å². The average Bonchev–Trinajstić information content (AvgIpc) is 2.73. The monoisotopic (exact) mass is 242 g/mol. The molecule has 0 radical (unpaired) electrons. The Labute approximate surface area is 105 Å². The summed E-state index contributed by atoms with van der Waals surface area (Å²) in [7, 11) is 0. The van der Waals surface area contributed by atoms with Crippen molar-refractivity contribution in [2.45, 2.75) is 46.2 Å². The Hall–Kier alpha value is -0.610. The Kier molecular flexibility index (Phi) is 5.92. The zero-order chi connectivity index (χ0) is 12.8. The van der Waals surface area contributed by atoms with Crippen LogP contribution >= 0.6 is 0 Å². The summed E-state index contributed by atoms with van der Waals surface area (Å²) >= 11 is 0. The van der Waals surface area contributed by atoms with Crippen molar-refractivity contribution in [3.8, 4) is 0 Å². The van der Waals surface area contributed by atoms with E-state index in [1.165, 1.54) is 0 Å². The molecule has 17 heavy (non-hydrogen) atoms. The van der Waals surface area contributed by atoms with Crippen LogP contribution in [0.2, 0.25) is 0 Å². The fourth-order valence-electron chi connectivity index (χ4n) is 2.34. The van der Waals surface area contributed by atoms with E-state index in [9.17, 15) is 4.79 Å². The summed E-state index contributed by atoms with van der Waals surface area (Å²) in [6.07, 6.45) is 1.00. The Morgan fingerprint density at radius 1 is 1.41 bits per heavy atom. The largest absolute Gasteiger partial charge is 0.379 e. The molecule has 1 saturated heterocycles. The molecule has 0 aromatic heterocycles. The minimum atomic E-state index is -0.0103. The average molecular weight is 242 g/mol. The van der Waals surface area contributed by atoms with Crippen LogP contribution in [0.5, 0.6) is 0 Å². The zero-order valence-corrected chi connectivity index (χ0v) is 11.5. The van der Waals surface area contributed by atoms with Crippen LogP contribution in [0.4, 0.5) is 0 Å². The van der Waals surface area contributed by atoms with Gasteiger partial charge in [0.25, 0.3) is 0 Å². The second-order valence-corrected chi connectivity index (χ2v) is 4.93. The molecule has 0 bridgehead atoms. The topological polar surface area (TPSA) is 41.6 Å². The first kappa shape index (κ1) is 14.5. The molecule has 1 rings (SSSR count). The highest BCUT2D eigenvalue weighted by Crippen LogP contribution is 2.18. The van der Waals surface area contributed by atoms with Crippen LogP contribution < -0.4 is 5.32 Å². The molecule has 2 unspecified atom stereocenters. The Balaban J connectivity index is 2.65. The molecule has 1 heterocycles. The summed E-state index contributed by atoms with van der Waals surface area (Å²) in [5.74, 6) is 0.231. The molecule has 1 amide bonds. The molecule has 1 aliphatic rings. The predicted molar refractivity (Wildman–Crippen MR) is 68.9 cm³/mol. The molecule has 1 N–H and O–H groups in total. The maximum Gasteiger partial charge on any atom is 0.229 e. The van der Waals surface area contributed by atoms with Crippen molar-refractivity contribution >= 4 is 5.91 Å². The third-order valence-corrected chi connectivity index (χ3v) is 3.23. The van der Waals surface area contributed by atoms with Crippen molar-refractivity contribution in [1.29, 1.82) is 0 Å². The Bertz CT molecular complexity index is 244. The number of rotatable bonds is 6. The van der Waals surface area contributed by atoms with Gasteiger partial charge in [0.1, 0.15) is 0 Å². The number of hydrogen-bond donors (Lipinski definition) is 1. The van der Waals surface area contributed by atoms with Crippen LogP contribution in [-0.2, 0) is 9.53 Å². The van der Waals surface area contributed by atoms with Crippen LogP contribution in [0.15, 0.2) is 0 Å². The highest BCUT2D eigenvalue weighted by atomic mass is 16.5. The van der Waals surface area contributed by atoms with Crippen LogP contribution in [0.25, 0.3) is 0 Å². The summed E-state index contributed by atoms with van der Waals surface area (Å²) < 4.78 is 5.44. The lowest BCUT2D eigenvalue weighted by Crippen LogP contribution is -2.48. The van der Waals surface area contributed by atoms with Crippen molar-refractivity contribution in [2.75, 3.05) is 26.3 Å². The van der Waals surface area contributed by atoms with E-state index >= 15 is 0 Å². The highest BCUT2D eigenvalue weighted by Gasteiger charge is 2.36. The van der Waals surface area contributed by atoms with Crippen LogP contribution in [0.1, 0.15) is 34.1 Å². The number of hydrogen-bond acceptors (Lipinski definition) is 3. The molecule has 0 aromatic carbocycles. The molecule has 2 atom stereocenters. The van der Waals surface area contributed by atoms with Crippen LogP contribution in [0, 0.1) is 5.92 Å². The number of carbonyl (C=O) groups is 1. The van der Waals surface area contributed by atoms with Gasteiger partial charge in [0.15, 0.2) is 0 Å². The number of nitrogens with one attached hydrogen (secondary N) is 1. The summed E-state index contributed by atoms with van der Waals surface area (Å²) in [5.41, 5.74) is 0. The molecule has 100 valence electrons. The lowest BCUT2D eigenvalue weighted by Gasteiger charge is -2.30. The molecule has 4 nitrogen and oxygen atoms in total. The van der Waals surface area contributed by atoms with Gasteiger partial charge in [-0.05, 0) is 26.8 Å². The van der Waals surface area contributed by atoms with Gasteiger partial charge in [0.2, 0.25) is 5.91 Å². The second-order valence-electron chi connectivity index (χ2n) is 4.93. The number of ether oxygens (including phenoxy) is 1. The minimum Gasteiger partial charge on any atom is -0.379 e. The Morgan fingerprint density at radius 2 is 2.12 bits per heavy atom. The summed E-state index contributed by atoms with van der Waals surface area (Å²) in [4.78, 5) is 14.4. The fraction of sp³-hybridized carbons (Fsp3) is 0.923. The molecular weight excluding hydrogens is 216 g/mol. The van der Waals surface area contributed by atoms with Gasteiger partial charge in [0.05, 0.1) is 19.1 Å². The van der Waals surface area contributed by atoms with E-state index in [0.717, 1.165) is 19.5 Å². The molecular formula is C13H26N2O2. The van der Waals surface area contributed by atoms with E-state index < -0.39 is 0 Å². The van der Waals surface area contributed by atoms with Gasteiger partial charge in [-0.25, -0.2) is 0 Å². The smallest absolute Gasteiger partial charge is 0.229 e. The molecule has 0 saturated carbocycles. The van der Waals surface area contributed by atoms with Gasteiger partial charge in [-0.15, -0.1) is 0 Å². The van der Waals surface area contributed by atoms with Gasteiger partial charge >= 0.3 is 0 Å². The van der Waals surface area contributed by atoms with Gasteiger partial charge in [-0.2, -0.15) is 0 Å². The second kappa shape index (κ2) is 6.97. The van der Waals surface area contributed by atoms with Crippen molar-refractivity contribution in [3.63, 3.8) is 0 Å². The van der Waals surface area contributed by atoms with Crippen molar-refractivity contribution in [1.82, 2.24) is 10.2 Å². The standard InChI is InChI=1S/C13H26N2O2/c1-5-7-15(10(3)4)13(16)11-8-17-9-12(11)14-6-2/h10-12,14H,5-9H2,1-4H3. The first-order valence-electron chi connectivity index (χ1n) is 6.73. The third kappa shape index (κ3) is 3.68. The minimum absolute atomic E-state index is 0.0103. The predicted octanol–water partition coefficient (Wildman–Crippen LogP) is 1.26. The number of nitrogens with zero attached hydrogens (tertiary/aromatic N) is 1. The zero-order valence-electron chi connectivity index (χ0n) is 11.5. The molecule has 1 fully saturated rings. The normalized spacial score (nSPS) is 24.3. The highest BCUT2D eigenvalue weighted by molar-refractivity contribution is 5.80. The van der Waals surface area contributed by atoms with Gasteiger partial charge in [-0.1, -0.05) is 13.8 Å². The molecule has 1 aliphatic heterocycles. The molecule has 4 heteroatoms. The first-order valence-corrected chi connectivity index (χ1v) is 6.73. The number of likely N-dealkylation sites (N-methyl/N-ethyl adjacent to an activating group) is 1.